The molecule has 3 unspecified atom stereocenters. The first-order chi connectivity index (χ1) is 7.04. The summed E-state index contributed by atoms with van der Waals surface area (Å²) >= 11 is 0. The number of amides is 1. The van der Waals surface area contributed by atoms with E-state index in [1.165, 1.54) is 6.42 Å². The van der Waals surface area contributed by atoms with Gasteiger partial charge >= 0.3 is 6.09 Å². The quantitative estimate of drug-likeness (QED) is 0.420. The fraction of sp³-hybridized carbons (Fsp3) is 0.909. The van der Waals surface area contributed by atoms with E-state index in [0.717, 1.165) is 12.8 Å². The van der Waals surface area contributed by atoms with Crippen LogP contribution >= 0.6 is 0 Å². The highest BCUT2D eigenvalue weighted by molar-refractivity contribution is 5.66. The molecule has 3 N–H and O–H groups in total. The third-order valence-corrected chi connectivity index (χ3v) is 3.34. The van der Waals surface area contributed by atoms with Gasteiger partial charge in [0, 0.05) is 0 Å². The highest BCUT2D eigenvalue weighted by Gasteiger charge is 2.33. The summed E-state index contributed by atoms with van der Waals surface area (Å²) in [5, 5.41) is 0. The minimum absolute atomic E-state index is 0.0253. The lowest BCUT2D eigenvalue weighted by Gasteiger charge is -2.36. The summed E-state index contributed by atoms with van der Waals surface area (Å²) in [6.07, 6.45) is 2.84. The molecule has 0 saturated heterocycles. The third-order valence-electron chi connectivity index (χ3n) is 3.34. The maximum atomic E-state index is 11.1. The molecule has 0 radical (unpaired) electrons. The molecule has 88 valence electrons. The van der Waals surface area contributed by atoms with E-state index in [-0.39, 0.29) is 6.10 Å². The molecule has 1 rings (SSSR count). The Morgan fingerprint density at radius 3 is 2.67 bits per heavy atom. The number of ether oxygens (including phenoxy) is 1. The van der Waals surface area contributed by atoms with Gasteiger partial charge in [0.25, 0.3) is 0 Å². The van der Waals surface area contributed by atoms with Crippen LogP contribution in [0.25, 0.3) is 0 Å². The average molecular weight is 214 g/mol. The predicted molar refractivity (Wildman–Crippen MR) is 58.9 cm³/mol. The van der Waals surface area contributed by atoms with E-state index in [0.29, 0.717) is 17.8 Å². The zero-order valence-electron chi connectivity index (χ0n) is 9.82. The molecule has 0 heterocycles. The lowest BCUT2D eigenvalue weighted by atomic mass is 9.75. The fourth-order valence-corrected chi connectivity index (χ4v) is 2.42. The Balaban J connectivity index is 2.57. The summed E-state index contributed by atoms with van der Waals surface area (Å²) in [5.74, 6) is 6.68. The van der Waals surface area contributed by atoms with Crippen molar-refractivity contribution in [3.63, 3.8) is 0 Å². The number of nitrogens with two attached hydrogens (primary N) is 1. The molecule has 0 spiro atoms. The largest absolute Gasteiger partial charge is 0.445 e. The SMILES string of the molecule is CC1CCC(C(C)C)C(OC(=O)NN)C1. The molecule has 1 aliphatic rings. The lowest BCUT2D eigenvalue weighted by molar-refractivity contribution is 0.00622. The van der Waals surface area contributed by atoms with Gasteiger partial charge in [-0.2, -0.15) is 0 Å². The van der Waals surface area contributed by atoms with E-state index >= 15 is 0 Å². The zero-order valence-corrected chi connectivity index (χ0v) is 9.82. The first-order valence-corrected chi connectivity index (χ1v) is 5.71. The number of carbonyl (C=O) groups excluding carboxylic acids is 1. The van der Waals surface area contributed by atoms with Crippen molar-refractivity contribution in [1.82, 2.24) is 5.43 Å². The molecule has 4 heteroatoms. The molecule has 1 fully saturated rings. The van der Waals surface area contributed by atoms with Crippen LogP contribution < -0.4 is 11.3 Å². The number of hydrogen-bond acceptors (Lipinski definition) is 3. The number of nitrogens with one attached hydrogen (secondary N) is 1. The molecule has 1 amide bonds. The second-order valence-corrected chi connectivity index (χ2v) is 4.91. The van der Waals surface area contributed by atoms with Crippen LogP contribution in [0.15, 0.2) is 0 Å². The number of hydrogen-bond donors (Lipinski definition) is 2. The summed E-state index contributed by atoms with van der Waals surface area (Å²) in [4.78, 5) is 11.1. The van der Waals surface area contributed by atoms with Crippen molar-refractivity contribution in [3.05, 3.63) is 0 Å². The maximum Gasteiger partial charge on any atom is 0.421 e. The monoisotopic (exact) mass is 214 g/mol. The first kappa shape index (κ1) is 12.3. The van der Waals surface area contributed by atoms with Crippen molar-refractivity contribution < 1.29 is 9.53 Å². The summed E-state index contributed by atoms with van der Waals surface area (Å²) in [5.41, 5.74) is 2.03. The molecule has 0 aromatic carbocycles. The van der Waals surface area contributed by atoms with Crippen molar-refractivity contribution >= 4 is 6.09 Å². The standard InChI is InChI=1S/C11H22N2O2/c1-7(2)9-5-4-8(3)6-10(9)15-11(14)13-12/h7-10H,4-6,12H2,1-3H3,(H,13,14). The normalized spacial score (nSPS) is 31.4. The van der Waals surface area contributed by atoms with Gasteiger partial charge in [0.05, 0.1) is 0 Å². The van der Waals surface area contributed by atoms with Crippen molar-refractivity contribution in [3.8, 4) is 0 Å². The van der Waals surface area contributed by atoms with Gasteiger partial charge < -0.3 is 4.74 Å². The Hall–Kier alpha value is -0.770. The van der Waals surface area contributed by atoms with E-state index in [1.807, 2.05) is 5.43 Å². The second kappa shape index (κ2) is 5.35. The highest BCUT2D eigenvalue weighted by atomic mass is 16.6. The number of hydrazine groups is 1. The van der Waals surface area contributed by atoms with Crippen molar-refractivity contribution in [2.75, 3.05) is 0 Å². The molecular formula is C11H22N2O2. The lowest BCUT2D eigenvalue weighted by Crippen LogP contribution is -2.40. The Kier molecular flexibility index (Phi) is 4.39. The fourth-order valence-electron chi connectivity index (χ4n) is 2.42. The van der Waals surface area contributed by atoms with Gasteiger partial charge in [-0.3, -0.25) is 5.43 Å². The smallest absolute Gasteiger partial charge is 0.421 e. The molecule has 0 bridgehead atoms. The predicted octanol–water partition coefficient (Wildman–Crippen LogP) is 2.05. The maximum absolute atomic E-state index is 11.1. The molecule has 1 saturated carbocycles. The minimum Gasteiger partial charge on any atom is -0.445 e. The van der Waals surface area contributed by atoms with Crippen LogP contribution in [0.4, 0.5) is 4.79 Å². The summed E-state index contributed by atoms with van der Waals surface area (Å²) in [6, 6.07) is 0. The van der Waals surface area contributed by atoms with E-state index in [4.69, 9.17) is 10.6 Å². The van der Waals surface area contributed by atoms with Crippen molar-refractivity contribution in [2.45, 2.75) is 46.1 Å². The molecule has 4 nitrogen and oxygen atoms in total. The Morgan fingerprint density at radius 1 is 1.47 bits per heavy atom. The van der Waals surface area contributed by atoms with Gasteiger partial charge in [-0.15, -0.1) is 0 Å². The molecular weight excluding hydrogens is 192 g/mol. The van der Waals surface area contributed by atoms with Gasteiger partial charge in [-0.05, 0) is 30.6 Å². The molecule has 3 atom stereocenters. The van der Waals surface area contributed by atoms with Crippen molar-refractivity contribution in [1.29, 1.82) is 0 Å². The van der Waals surface area contributed by atoms with Crippen LogP contribution in [0, 0.1) is 17.8 Å². The van der Waals surface area contributed by atoms with Gasteiger partial charge in [0.1, 0.15) is 6.10 Å². The van der Waals surface area contributed by atoms with E-state index in [2.05, 4.69) is 20.8 Å². The van der Waals surface area contributed by atoms with Crippen LogP contribution in [0.2, 0.25) is 0 Å². The van der Waals surface area contributed by atoms with E-state index in [1.54, 1.807) is 0 Å². The van der Waals surface area contributed by atoms with Gasteiger partial charge in [0.15, 0.2) is 0 Å². The average Bonchev–Trinajstić information content (AvgIpc) is 2.17. The first-order valence-electron chi connectivity index (χ1n) is 5.71. The molecule has 0 aromatic rings. The van der Waals surface area contributed by atoms with Crippen LogP contribution in [-0.2, 0) is 4.74 Å². The summed E-state index contributed by atoms with van der Waals surface area (Å²) in [6.45, 7) is 6.56. The molecule has 0 aromatic heterocycles. The third kappa shape index (κ3) is 3.38. The van der Waals surface area contributed by atoms with Crippen LogP contribution in [0.1, 0.15) is 40.0 Å². The minimum atomic E-state index is -0.514. The Labute approximate surface area is 91.5 Å². The van der Waals surface area contributed by atoms with Gasteiger partial charge in [-0.1, -0.05) is 27.2 Å². The topological polar surface area (TPSA) is 64.3 Å². The van der Waals surface area contributed by atoms with Crippen LogP contribution in [0.3, 0.4) is 0 Å². The molecule has 1 aliphatic carbocycles. The Morgan fingerprint density at radius 2 is 2.13 bits per heavy atom. The highest BCUT2D eigenvalue weighted by Crippen LogP contribution is 2.35. The number of rotatable bonds is 2. The Bertz CT molecular complexity index is 219. The van der Waals surface area contributed by atoms with Gasteiger partial charge in [-0.25, -0.2) is 10.6 Å². The van der Waals surface area contributed by atoms with E-state index < -0.39 is 6.09 Å². The van der Waals surface area contributed by atoms with Gasteiger partial charge in [0.2, 0.25) is 0 Å². The molecule has 15 heavy (non-hydrogen) atoms. The number of carbonyl (C=O) groups is 1. The zero-order chi connectivity index (χ0) is 11.4. The summed E-state index contributed by atoms with van der Waals surface area (Å²) < 4.78 is 5.31. The molecule has 0 aliphatic heterocycles. The summed E-state index contributed by atoms with van der Waals surface area (Å²) in [7, 11) is 0. The van der Waals surface area contributed by atoms with Crippen molar-refractivity contribution in [2.24, 2.45) is 23.6 Å². The van der Waals surface area contributed by atoms with Crippen LogP contribution in [-0.4, -0.2) is 12.2 Å². The van der Waals surface area contributed by atoms with E-state index in [9.17, 15) is 4.79 Å². The second-order valence-electron chi connectivity index (χ2n) is 4.91. The van der Waals surface area contributed by atoms with Crippen LogP contribution in [0.5, 0.6) is 0 Å².